The van der Waals surface area contributed by atoms with E-state index < -0.39 is 0 Å². The molecule has 1 heterocycles. The fourth-order valence-corrected chi connectivity index (χ4v) is 3.33. The minimum Gasteiger partial charge on any atom is -0.339 e. The van der Waals surface area contributed by atoms with E-state index in [0.717, 1.165) is 15.6 Å². The molecule has 0 aliphatic carbocycles. The molecule has 1 aromatic carbocycles. The number of thiophene rings is 1. The van der Waals surface area contributed by atoms with Crippen LogP contribution in [-0.4, -0.2) is 23.9 Å². The Kier molecular flexibility index (Phi) is 4.99. The summed E-state index contributed by atoms with van der Waals surface area (Å²) in [5, 5.41) is 2.07. The zero-order valence-corrected chi connectivity index (χ0v) is 13.9. The Morgan fingerprint density at radius 2 is 2.05 bits per heavy atom. The summed E-state index contributed by atoms with van der Waals surface area (Å²) < 4.78 is 1.00. The number of rotatable bonds is 4. The number of hydrogen-bond donors (Lipinski definition) is 0. The Bertz CT molecular complexity index is 553. The third-order valence-corrected chi connectivity index (χ3v) is 5.00. The van der Waals surface area contributed by atoms with Crippen LogP contribution < -0.4 is 0 Å². The summed E-state index contributed by atoms with van der Waals surface area (Å²) in [6.07, 6.45) is 0.906. The lowest BCUT2D eigenvalue weighted by molar-refractivity contribution is 0.0743. The molecule has 100 valence electrons. The molecular weight excluding hydrogens is 369 g/mol. The number of carbonyl (C=O) groups excluding carboxylic acids is 1. The largest absolute Gasteiger partial charge is 0.339 e. The smallest absolute Gasteiger partial charge is 0.254 e. The molecule has 0 spiro atoms. The van der Waals surface area contributed by atoms with E-state index >= 15 is 0 Å². The van der Waals surface area contributed by atoms with Crippen molar-refractivity contribution in [1.29, 1.82) is 0 Å². The van der Waals surface area contributed by atoms with Gasteiger partial charge in [0, 0.05) is 28.0 Å². The molecule has 0 saturated heterocycles. The lowest BCUT2D eigenvalue weighted by atomic mass is 10.1. The van der Waals surface area contributed by atoms with E-state index in [1.165, 1.54) is 4.88 Å². The molecule has 1 aromatic heterocycles. The van der Waals surface area contributed by atoms with Gasteiger partial charge >= 0.3 is 0 Å². The molecule has 2 nitrogen and oxygen atoms in total. The van der Waals surface area contributed by atoms with Crippen molar-refractivity contribution in [2.75, 3.05) is 7.05 Å². The van der Waals surface area contributed by atoms with Gasteiger partial charge in [-0.25, -0.2) is 0 Å². The van der Waals surface area contributed by atoms with Crippen LogP contribution in [0.4, 0.5) is 0 Å². The van der Waals surface area contributed by atoms with E-state index in [0.29, 0.717) is 0 Å². The van der Waals surface area contributed by atoms with Crippen molar-refractivity contribution in [3.63, 3.8) is 0 Å². The lowest BCUT2D eigenvalue weighted by Gasteiger charge is -2.25. The molecular formula is C15H16INOS. The first-order valence-electron chi connectivity index (χ1n) is 6.13. The first kappa shape index (κ1) is 14.5. The van der Waals surface area contributed by atoms with Gasteiger partial charge in [0.15, 0.2) is 0 Å². The zero-order valence-electron chi connectivity index (χ0n) is 11.0. The Morgan fingerprint density at radius 1 is 1.32 bits per heavy atom. The van der Waals surface area contributed by atoms with Crippen molar-refractivity contribution in [3.05, 3.63) is 55.8 Å². The first-order valence-corrected chi connectivity index (χ1v) is 8.09. The monoisotopic (exact) mass is 385 g/mol. The predicted molar refractivity (Wildman–Crippen MR) is 88.7 cm³/mol. The molecule has 0 radical (unpaired) electrons. The normalized spacial score (nSPS) is 12.2. The minimum absolute atomic E-state index is 0.0917. The highest BCUT2D eigenvalue weighted by atomic mass is 127. The van der Waals surface area contributed by atoms with Crippen LogP contribution >= 0.6 is 33.9 Å². The average molecular weight is 385 g/mol. The minimum atomic E-state index is 0.0917. The van der Waals surface area contributed by atoms with Crippen LogP contribution in [0.5, 0.6) is 0 Å². The van der Waals surface area contributed by atoms with E-state index in [4.69, 9.17) is 0 Å². The van der Waals surface area contributed by atoms with Crippen molar-refractivity contribution in [2.24, 2.45) is 0 Å². The van der Waals surface area contributed by atoms with E-state index in [9.17, 15) is 4.79 Å². The van der Waals surface area contributed by atoms with Crippen molar-refractivity contribution in [1.82, 2.24) is 4.90 Å². The molecule has 0 aliphatic rings. The van der Waals surface area contributed by atoms with Crippen LogP contribution in [0.15, 0.2) is 41.8 Å². The van der Waals surface area contributed by atoms with Gasteiger partial charge in [-0.2, -0.15) is 0 Å². The van der Waals surface area contributed by atoms with Gasteiger partial charge < -0.3 is 4.90 Å². The number of hydrogen-bond acceptors (Lipinski definition) is 2. The van der Waals surface area contributed by atoms with Crippen LogP contribution in [0.25, 0.3) is 0 Å². The van der Waals surface area contributed by atoms with Crippen molar-refractivity contribution < 1.29 is 4.79 Å². The second-order valence-corrected chi connectivity index (χ2v) is 6.72. The van der Waals surface area contributed by atoms with E-state index in [-0.39, 0.29) is 11.9 Å². The van der Waals surface area contributed by atoms with Crippen LogP contribution in [0.3, 0.4) is 0 Å². The van der Waals surface area contributed by atoms with E-state index in [1.54, 1.807) is 11.3 Å². The van der Waals surface area contributed by atoms with Gasteiger partial charge in [0.05, 0.1) is 5.56 Å². The summed E-state index contributed by atoms with van der Waals surface area (Å²) in [6, 6.07) is 12.1. The van der Waals surface area contributed by atoms with E-state index in [2.05, 4.69) is 47.0 Å². The maximum absolute atomic E-state index is 12.5. The van der Waals surface area contributed by atoms with Crippen molar-refractivity contribution >= 4 is 39.8 Å². The highest BCUT2D eigenvalue weighted by Gasteiger charge is 2.19. The fraction of sp³-hybridized carbons (Fsp3) is 0.267. The predicted octanol–water partition coefficient (Wildman–Crippen LogP) is 4.06. The maximum atomic E-state index is 12.5. The zero-order chi connectivity index (χ0) is 13.8. The molecule has 0 N–H and O–H groups in total. The Hall–Kier alpha value is -0.880. The molecule has 0 saturated carbocycles. The third-order valence-electron chi connectivity index (χ3n) is 3.16. The number of carbonyl (C=O) groups is 1. The summed E-state index contributed by atoms with van der Waals surface area (Å²) >= 11 is 3.95. The third kappa shape index (κ3) is 3.57. The topological polar surface area (TPSA) is 20.3 Å². The Labute approximate surface area is 131 Å². The molecule has 4 heteroatoms. The number of likely N-dealkylation sites (N-methyl/N-ethyl adjacent to an activating group) is 1. The summed E-state index contributed by atoms with van der Waals surface area (Å²) in [5.74, 6) is 0.0917. The SMILES string of the molecule is CC(Cc1cccs1)N(C)C(=O)c1ccccc1I. The second-order valence-electron chi connectivity index (χ2n) is 4.53. The highest BCUT2D eigenvalue weighted by Crippen LogP contribution is 2.17. The lowest BCUT2D eigenvalue weighted by Crippen LogP contribution is -2.36. The van der Waals surface area contributed by atoms with Gasteiger partial charge in [-0.05, 0) is 53.1 Å². The summed E-state index contributed by atoms with van der Waals surface area (Å²) in [4.78, 5) is 15.6. The molecule has 0 bridgehead atoms. The molecule has 19 heavy (non-hydrogen) atoms. The molecule has 1 unspecified atom stereocenters. The van der Waals surface area contributed by atoms with Gasteiger partial charge in [0.25, 0.3) is 5.91 Å². The van der Waals surface area contributed by atoms with Gasteiger partial charge in [-0.15, -0.1) is 11.3 Å². The molecule has 1 amide bonds. The molecule has 2 rings (SSSR count). The fourth-order valence-electron chi connectivity index (χ4n) is 1.88. The van der Waals surface area contributed by atoms with Gasteiger partial charge in [0.2, 0.25) is 0 Å². The van der Waals surface area contributed by atoms with Gasteiger partial charge in [-0.3, -0.25) is 4.79 Å². The standard InChI is InChI=1S/C15H16INOS/c1-11(10-12-6-5-9-19-12)17(2)15(18)13-7-3-4-8-14(13)16/h3-9,11H,10H2,1-2H3. The number of nitrogens with zero attached hydrogens (tertiary/aromatic N) is 1. The summed E-state index contributed by atoms with van der Waals surface area (Å²) in [5.41, 5.74) is 0.781. The highest BCUT2D eigenvalue weighted by molar-refractivity contribution is 14.1. The number of benzene rings is 1. The number of halogens is 1. The summed E-state index contributed by atoms with van der Waals surface area (Å²) in [6.45, 7) is 2.09. The van der Waals surface area contributed by atoms with Crippen molar-refractivity contribution in [2.45, 2.75) is 19.4 Å². The van der Waals surface area contributed by atoms with E-state index in [1.807, 2.05) is 36.2 Å². The van der Waals surface area contributed by atoms with Crippen LogP contribution in [0.1, 0.15) is 22.2 Å². The number of amides is 1. The Morgan fingerprint density at radius 3 is 2.68 bits per heavy atom. The Balaban J connectivity index is 2.09. The maximum Gasteiger partial charge on any atom is 0.254 e. The quantitative estimate of drug-likeness (QED) is 0.727. The molecule has 2 aromatic rings. The van der Waals surface area contributed by atoms with Crippen LogP contribution in [0, 0.1) is 3.57 Å². The second kappa shape index (κ2) is 6.52. The van der Waals surface area contributed by atoms with Crippen LogP contribution in [0.2, 0.25) is 0 Å². The average Bonchev–Trinajstić information content (AvgIpc) is 2.90. The first-order chi connectivity index (χ1) is 9.09. The van der Waals surface area contributed by atoms with Gasteiger partial charge in [-0.1, -0.05) is 18.2 Å². The van der Waals surface area contributed by atoms with Crippen molar-refractivity contribution in [3.8, 4) is 0 Å². The van der Waals surface area contributed by atoms with Gasteiger partial charge in [0.1, 0.15) is 0 Å². The summed E-state index contributed by atoms with van der Waals surface area (Å²) in [7, 11) is 1.88. The molecule has 0 fully saturated rings. The molecule has 0 aliphatic heterocycles. The van der Waals surface area contributed by atoms with Crippen LogP contribution in [-0.2, 0) is 6.42 Å². The molecule has 1 atom stereocenters.